The van der Waals surface area contributed by atoms with Gasteiger partial charge in [-0.05, 0) is 30.5 Å². The Hall–Kier alpha value is -3.86. The number of aromatic nitrogens is 5. The van der Waals surface area contributed by atoms with Crippen molar-refractivity contribution in [3.05, 3.63) is 53.7 Å². The van der Waals surface area contributed by atoms with Crippen LogP contribution in [-0.4, -0.2) is 69.6 Å². The molecule has 0 spiro atoms. The quantitative estimate of drug-likeness (QED) is 0.552. The molecule has 184 valence electrons. The molecule has 3 aromatic heterocycles. The summed E-state index contributed by atoms with van der Waals surface area (Å²) >= 11 is 0. The molecule has 0 atom stereocenters. The highest BCUT2D eigenvalue weighted by atomic mass is 16.5. The van der Waals surface area contributed by atoms with E-state index >= 15 is 0 Å². The maximum Gasteiger partial charge on any atom is 0.273 e. The van der Waals surface area contributed by atoms with Crippen LogP contribution in [0.5, 0.6) is 0 Å². The van der Waals surface area contributed by atoms with Crippen molar-refractivity contribution >= 4 is 23.3 Å². The van der Waals surface area contributed by atoms with E-state index in [4.69, 9.17) is 4.74 Å². The Morgan fingerprint density at radius 3 is 2.63 bits per heavy atom. The summed E-state index contributed by atoms with van der Waals surface area (Å²) in [6.07, 6.45) is 4.75. The van der Waals surface area contributed by atoms with E-state index < -0.39 is 0 Å². The summed E-state index contributed by atoms with van der Waals surface area (Å²) in [5, 5.41) is 13.8. The van der Waals surface area contributed by atoms with Gasteiger partial charge in [0.15, 0.2) is 5.69 Å². The van der Waals surface area contributed by atoms with Gasteiger partial charge >= 0.3 is 0 Å². The minimum absolute atomic E-state index is 0.0452. The second kappa shape index (κ2) is 10.2. The molecule has 0 aliphatic carbocycles. The van der Waals surface area contributed by atoms with Crippen LogP contribution >= 0.6 is 0 Å². The van der Waals surface area contributed by atoms with Crippen molar-refractivity contribution in [1.29, 1.82) is 0 Å². The minimum Gasteiger partial charge on any atom is -0.378 e. The Bertz CT molecular complexity index is 1210. The second-order valence-corrected chi connectivity index (χ2v) is 9.58. The number of rotatable bonds is 6. The minimum atomic E-state index is -0.296. The summed E-state index contributed by atoms with van der Waals surface area (Å²) in [7, 11) is 0. The maximum absolute atomic E-state index is 12.9. The van der Waals surface area contributed by atoms with Gasteiger partial charge in [0.2, 0.25) is 0 Å². The number of anilines is 2. The zero-order valence-electron chi connectivity index (χ0n) is 20.4. The fraction of sp³-hybridized carbons (Fsp3) is 0.417. The summed E-state index contributed by atoms with van der Waals surface area (Å²) in [5.41, 5.74) is 2.42. The first-order chi connectivity index (χ1) is 16.7. The fourth-order valence-corrected chi connectivity index (χ4v) is 3.47. The number of hydrogen-bond acceptors (Lipinski definition) is 8. The van der Waals surface area contributed by atoms with Crippen molar-refractivity contribution in [2.24, 2.45) is 5.41 Å². The molecule has 4 heterocycles. The first-order valence-corrected chi connectivity index (χ1v) is 11.5. The summed E-state index contributed by atoms with van der Waals surface area (Å²) < 4.78 is 6.86. The second-order valence-electron chi connectivity index (χ2n) is 9.58. The molecule has 0 radical (unpaired) electrons. The van der Waals surface area contributed by atoms with E-state index in [-0.39, 0.29) is 22.9 Å². The van der Waals surface area contributed by atoms with Crippen LogP contribution in [0, 0.1) is 12.3 Å². The van der Waals surface area contributed by atoms with E-state index in [0.717, 1.165) is 18.9 Å². The van der Waals surface area contributed by atoms with Crippen molar-refractivity contribution in [3.63, 3.8) is 0 Å². The van der Waals surface area contributed by atoms with Gasteiger partial charge in [0.25, 0.3) is 11.8 Å². The molecule has 11 heteroatoms. The van der Waals surface area contributed by atoms with E-state index in [1.165, 1.54) is 4.68 Å². The normalized spacial score (nSPS) is 14.0. The van der Waals surface area contributed by atoms with Gasteiger partial charge in [0.05, 0.1) is 42.7 Å². The average molecular weight is 479 g/mol. The molecule has 4 rings (SSSR count). The summed E-state index contributed by atoms with van der Waals surface area (Å²) in [6, 6.07) is 5.18. The highest BCUT2D eigenvalue weighted by Gasteiger charge is 2.18. The average Bonchev–Trinajstić information content (AvgIpc) is 3.34. The SMILES string of the molecule is Cc1ncc(NC(=O)c2ccnc(N3CCOCC3)c2)cc1-n1cc(C(=O)NCC(C)(C)C)nn1. The molecule has 2 N–H and O–H groups in total. The molecule has 1 aliphatic heterocycles. The third kappa shape index (κ3) is 6.18. The zero-order valence-corrected chi connectivity index (χ0v) is 20.4. The van der Waals surface area contributed by atoms with Gasteiger partial charge in [-0.2, -0.15) is 0 Å². The molecule has 1 fully saturated rings. The third-order valence-corrected chi connectivity index (χ3v) is 5.41. The van der Waals surface area contributed by atoms with E-state index in [2.05, 4.69) is 35.8 Å². The molecule has 0 unspecified atom stereocenters. The summed E-state index contributed by atoms with van der Waals surface area (Å²) in [5.74, 6) is 0.165. The third-order valence-electron chi connectivity index (χ3n) is 5.41. The first-order valence-electron chi connectivity index (χ1n) is 11.5. The van der Waals surface area contributed by atoms with Gasteiger partial charge in [-0.15, -0.1) is 5.10 Å². The molecule has 2 amide bonds. The molecular weight excluding hydrogens is 448 g/mol. The van der Waals surface area contributed by atoms with Crippen LogP contribution in [0.15, 0.2) is 36.8 Å². The van der Waals surface area contributed by atoms with E-state index in [1.807, 2.05) is 27.7 Å². The maximum atomic E-state index is 12.9. The smallest absolute Gasteiger partial charge is 0.273 e. The zero-order chi connectivity index (χ0) is 25.0. The monoisotopic (exact) mass is 478 g/mol. The number of hydrogen-bond donors (Lipinski definition) is 2. The summed E-state index contributed by atoms with van der Waals surface area (Å²) in [4.78, 5) is 36.2. The molecule has 35 heavy (non-hydrogen) atoms. The predicted molar refractivity (Wildman–Crippen MR) is 131 cm³/mol. The molecule has 0 bridgehead atoms. The van der Waals surface area contributed by atoms with Crippen molar-refractivity contribution in [3.8, 4) is 5.69 Å². The fourth-order valence-electron chi connectivity index (χ4n) is 3.47. The van der Waals surface area contributed by atoms with Crippen molar-refractivity contribution in [1.82, 2.24) is 30.3 Å². The van der Waals surface area contributed by atoms with E-state index in [0.29, 0.717) is 42.4 Å². The highest BCUT2D eigenvalue weighted by molar-refractivity contribution is 6.04. The predicted octanol–water partition coefficient (Wildman–Crippen LogP) is 2.23. The summed E-state index contributed by atoms with van der Waals surface area (Å²) in [6.45, 7) is 11.2. The molecule has 0 saturated carbocycles. The molecule has 11 nitrogen and oxygen atoms in total. The van der Waals surface area contributed by atoms with E-state index in [9.17, 15) is 9.59 Å². The first kappa shape index (κ1) is 24.3. The number of morpholine rings is 1. The van der Waals surface area contributed by atoms with Gasteiger partial charge in [-0.3, -0.25) is 14.6 Å². The van der Waals surface area contributed by atoms with Crippen LogP contribution in [-0.2, 0) is 4.74 Å². The number of pyridine rings is 2. The lowest BCUT2D eigenvalue weighted by atomic mass is 9.97. The Morgan fingerprint density at radius 2 is 1.89 bits per heavy atom. The number of carbonyl (C=O) groups excluding carboxylic acids is 2. The topological polar surface area (TPSA) is 127 Å². The highest BCUT2D eigenvalue weighted by Crippen LogP contribution is 2.19. The van der Waals surface area contributed by atoms with Crippen LogP contribution in [0.1, 0.15) is 47.3 Å². The van der Waals surface area contributed by atoms with Gasteiger partial charge in [-0.25, -0.2) is 9.67 Å². The lowest BCUT2D eigenvalue weighted by molar-refractivity contribution is 0.0933. The lowest BCUT2D eigenvalue weighted by Gasteiger charge is -2.27. The molecule has 3 aromatic rings. The van der Waals surface area contributed by atoms with Gasteiger partial charge in [-0.1, -0.05) is 26.0 Å². The van der Waals surface area contributed by atoms with Crippen LogP contribution in [0.4, 0.5) is 11.5 Å². The lowest BCUT2D eigenvalue weighted by Crippen LogP contribution is -2.36. The van der Waals surface area contributed by atoms with Crippen molar-refractivity contribution < 1.29 is 14.3 Å². The number of nitrogens with zero attached hydrogens (tertiary/aromatic N) is 6. The number of carbonyl (C=O) groups is 2. The van der Waals surface area contributed by atoms with Gasteiger partial charge in [0.1, 0.15) is 5.82 Å². The van der Waals surface area contributed by atoms with Crippen LogP contribution in [0.25, 0.3) is 5.69 Å². The molecule has 0 aromatic carbocycles. The van der Waals surface area contributed by atoms with Gasteiger partial charge < -0.3 is 20.3 Å². The van der Waals surface area contributed by atoms with Crippen LogP contribution in [0.3, 0.4) is 0 Å². The number of nitrogens with one attached hydrogen (secondary N) is 2. The number of aryl methyl sites for hydroxylation is 1. The molecule has 1 saturated heterocycles. The van der Waals surface area contributed by atoms with E-state index in [1.54, 1.807) is 36.8 Å². The van der Waals surface area contributed by atoms with Crippen molar-refractivity contribution in [2.75, 3.05) is 43.1 Å². The largest absolute Gasteiger partial charge is 0.378 e. The standard InChI is InChI=1S/C24H30N8O3/c1-16-20(32-14-19(29-30-32)23(34)27-15-24(2,3)4)12-18(13-26-16)28-22(33)17-5-6-25-21(11-17)31-7-9-35-10-8-31/h5-6,11-14H,7-10,15H2,1-4H3,(H,27,34)(H,28,33). The molecule has 1 aliphatic rings. The van der Waals surface area contributed by atoms with Crippen molar-refractivity contribution in [2.45, 2.75) is 27.7 Å². The van der Waals surface area contributed by atoms with Gasteiger partial charge in [0, 0.05) is 31.4 Å². The van der Waals surface area contributed by atoms with Crippen LogP contribution < -0.4 is 15.5 Å². The Labute approximate surface area is 203 Å². The number of amides is 2. The Balaban J connectivity index is 1.48. The molecular formula is C24H30N8O3. The van der Waals surface area contributed by atoms with Crippen LogP contribution in [0.2, 0.25) is 0 Å². The number of ether oxygens (including phenoxy) is 1. The Kier molecular flexibility index (Phi) is 7.06. The Morgan fingerprint density at radius 1 is 1.11 bits per heavy atom.